The molecule has 1 aliphatic heterocycles. The van der Waals surface area contributed by atoms with E-state index in [4.69, 9.17) is 0 Å². The molecule has 0 amide bonds. The minimum Gasteiger partial charge on any atom is -0.303 e. The molecule has 1 N–H and O–H groups in total. The molecule has 0 saturated carbocycles. The van der Waals surface area contributed by atoms with Gasteiger partial charge in [-0.3, -0.25) is 10.1 Å². The van der Waals surface area contributed by atoms with E-state index in [-0.39, 0.29) is 0 Å². The van der Waals surface area contributed by atoms with Gasteiger partial charge >= 0.3 is 0 Å². The molecule has 3 heterocycles. The maximum atomic E-state index is 4.50. The van der Waals surface area contributed by atoms with Crippen molar-refractivity contribution in [1.29, 1.82) is 0 Å². The van der Waals surface area contributed by atoms with Crippen molar-refractivity contribution in [2.24, 2.45) is 0 Å². The van der Waals surface area contributed by atoms with Gasteiger partial charge in [-0.2, -0.15) is 0 Å². The summed E-state index contributed by atoms with van der Waals surface area (Å²) in [6.07, 6.45) is 7.63. The van der Waals surface area contributed by atoms with Crippen LogP contribution in [0.1, 0.15) is 19.3 Å². The standard InChI is InChI=1S/C14H19N5S/c1-2-7-19(8-3-1)9-10-20-14-16-13(17-18-14)12-5-4-6-15-11-12/h4-6,11H,1-3,7-10H2,(H,16,17,18). The number of nitrogens with zero attached hydrogens (tertiary/aromatic N) is 4. The van der Waals surface area contributed by atoms with Gasteiger partial charge in [-0.05, 0) is 38.1 Å². The van der Waals surface area contributed by atoms with Gasteiger partial charge in [0.1, 0.15) is 0 Å². The van der Waals surface area contributed by atoms with Crippen molar-refractivity contribution in [3.63, 3.8) is 0 Å². The number of pyridine rings is 1. The molecule has 5 nitrogen and oxygen atoms in total. The zero-order valence-corrected chi connectivity index (χ0v) is 12.3. The third-order valence-electron chi connectivity index (χ3n) is 3.49. The highest BCUT2D eigenvalue weighted by Crippen LogP contribution is 2.18. The molecule has 1 saturated heterocycles. The van der Waals surface area contributed by atoms with Crippen LogP contribution in [-0.2, 0) is 0 Å². The third-order valence-corrected chi connectivity index (χ3v) is 4.31. The van der Waals surface area contributed by atoms with Gasteiger partial charge in [0.25, 0.3) is 0 Å². The Hall–Kier alpha value is -1.40. The number of likely N-dealkylation sites (tertiary alicyclic amines) is 1. The first-order chi connectivity index (χ1) is 9.92. The first-order valence-electron chi connectivity index (χ1n) is 7.10. The smallest absolute Gasteiger partial charge is 0.208 e. The van der Waals surface area contributed by atoms with Gasteiger partial charge in [-0.25, -0.2) is 4.98 Å². The van der Waals surface area contributed by atoms with Crippen LogP contribution in [-0.4, -0.2) is 50.5 Å². The maximum Gasteiger partial charge on any atom is 0.208 e. The van der Waals surface area contributed by atoms with Crippen molar-refractivity contribution in [3.05, 3.63) is 24.5 Å². The van der Waals surface area contributed by atoms with Crippen LogP contribution in [0, 0.1) is 0 Å². The van der Waals surface area contributed by atoms with E-state index in [1.807, 2.05) is 12.1 Å². The lowest BCUT2D eigenvalue weighted by Crippen LogP contribution is -2.31. The molecule has 3 rings (SSSR count). The molecule has 0 bridgehead atoms. The van der Waals surface area contributed by atoms with Crippen LogP contribution in [0.3, 0.4) is 0 Å². The number of H-pyrrole nitrogens is 1. The minimum absolute atomic E-state index is 0.790. The van der Waals surface area contributed by atoms with Crippen LogP contribution in [0.25, 0.3) is 11.4 Å². The molecule has 0 aromatic carbocycles. The van der Waals surface area contributed by atoms with Gasteiger partial charge in [-0.15, -0.1) is 5.10 Å². The molecule has 1 fully saturated rings. The summed E-state index contributed by atoms with van der Waals surface area (Å²) in [6.45, 7) is 3.62. The Morgan fingerprint density at radius 3 is 2.95 bits per heavy atom. The average Bonchev–Trinajstić information content (AvgIpc) is 2.98. The second kappa shape index (κ2) is 6.85. The molecule has 0 radical (unpaired) electrons. The first-order valence-corrected chi connectivity index (χ1v) is 8.08. The predicted octanol–water partition coefficient (Wildman–Crippen LogP) is 2.44. The van der Waals surface area contributed by atoms with Gasteiger partial charge in [0.2, 0.25) is 5.16 Å². The number of hydrogen-bond acceptors (Lipinski definition) is 5. The molecule has 0 spiro atoms. The van der Waals surface area contributed by atoms with E-state index in [9.17, 15) is 0 Å². The molecule has 6 heteroatoms. The van der Waals surface area contributed by atoms with E-state index in [2.05, 4.69) is 25.1 Å². The Kier molecular flexibility index (Phi) is 4.65. The molecule has 1 aliphatic rings. The predicted molar refractivity (Wildman–Crippen MR) is 80.6 cm³/mol. The lowest BCUT2D eigenvalue weighted by atomic mass is 10.1. The zero-order valence-electron chi connectivity index (χ0n) is 11.5. The van der Waals surface area contributed by atoms with Gasteiger partial charge in [-0.1, -0.05) is 18.2 Å². The second-order valence-corrected chi connectivity index (χ2v) is 6.02. The van der Waals surface area contributed by atoms with Crippen LogP contribution in [0.2, 0.25) is 0 Å². The van der Waals surface area contributed by atoms with Gasteiger partial charge in [0.15, 0.2) is 5.82 Å². The summed E-state index contributed by atoms with van der Waals surface area (Å²) in [5.74, 6) is 1.84. The number of aromatic nitrogens is 4. The third kappa shape index (κ3) is 3.58. The summed E-state index contributed by atoms with van der Waals surface area (Å²) in [6, 6.07) is 3.89. The topological polar surface area (TPSA) is 57.7 Å². The van der Waals surface area contributed by atoms with E-state index >= 15 is 0 Å². The normalized spacial score (nSPS) is 16.4. The van der Waals surface area contributed by atoms with E-state index in [0.717, 1.165) is 28.8 Å². The fraction of sp³-hybridized carbons (Fsp3) is 0.500. The highest BCUT2D eigenvalue weighted by Gasteiger charge is 2.11. The van der Waals surface area contributed by atoms with E-state index < -0.39 is 0 Å². The van der Waals surface area contributed by atoms with Crippen molar-refractivity contribution in [2.45, 2.75) is 24.4 Å². The molecule has 20 heavy (non-hydrogen) atoms. The van der Waals surface area contributed by atoms with Crippen LogP contribution < -0.4 is 0 Å². The van der Waals surface area contributed by atoms with Crippen molar-refractivity contribution >= 4 is 11.8 Å². The Morgan fingerprint density at radius 2 is 2.15 bits per heavy atom. The highest BCUT2D eigenvalue weighted by molar-refractivity contribution is 7.99. The van der Waals surface area contributed by atoms with Gasteiger partial charge in [0, 0.05) is 30.3 Å². The van der Waals surface area contributed by atoms with Crippen molar-refractivity contribution < 1.29 is 0 Å². The quantitative estimate of drug-likeness (QED) is 0.857. The summed E-state index contributed by atoms with van der Waals surface area (Å²) >= 11 is 1.71. The number of hydrogen-bond donors (Lipinski definition) is 1. The van der Waals surface area contributed by atoms with Crippen LogP contribution >= 0.6 is 11.8 Å². The Bertz CT molecular complexity index is 521. The van der Waals surface area contributed by atoms with Crippen molar-refractivity contribution in [2.75, 3.05) is 25.4 Å². The summed E-state index contributed by atoms with van der Waals surface area (Å²) in [7, 11) is 0. The maximum absolute atomic E-state index is 4.50. The molecule has 106 valence electrons. The van der Waals surface area contributed by atoms with Crippen LogP contribution in [0.5, 0.6) is 0 Å². The Balaban J connectivity index is 1.50. The van der Waals surface area contributed by atoms with Crippen molar-refractivity contribution in [3.8, 4) is 11.4 Å². The zero-order chi connectivity index (χ0) is 13.6. The second-order valence-electron chi connectivity index (χ2n) is 4.96. The molecule has 0 unspecified atom stereocenters. The average molecular weight is 289 g/mol. The summed E-state index contributed by atoms with van der Waals surface area (Å²) in [4.78, 5) is 11.1. The lowest BCUT2D eigenvalue weighted by Gasteiger charge is -2.25. The first kappa shape index (κ1) is 13.6. The summed E-state index contributed by atoms with van der Waals surface area (Å²) in [5, 5.41) is 8.05. The molecule has 2 aromatic rings. The van der Waals surface area contributed by atoms with E-state index in [0.29, 0.717) is 0 Å². The highest BCUT2D eigenvalue weighted by atomic mass is 32.2. The van der Waals surface area contributed by atoms with E-state index in [1.165, 1.54) is 32.4 Å². The van der Waals surface area contributed by atoms with Crippen molar-refractivity contribution in [1.82, 2.24) is 25.1 Å². The molecule has 0 atom stereocenters. The summed E-state index contributed by atoms with van der Waals surface area (Å²) in [5.41, 5.74) is 0.975. The fourth-order valence-electron chi connectivity index (χ4n) is 2.39. The fourth-order valence-corrected chi connectivity index (χ4v) is 3.19. The Labute approximate surface area is 123 Å². The summed E-state index contributed by atoms with van der Waals surface area (Å²) < 4.78 is 0. The number of aromatic amines is 1. The molecular formula is C14H19N5S. The lowest BCUT2D eigenvalue weighted by molar-refractivity contribution is 0.242. The molecule has 2 aromatic heterocycles. The Morgan fingerprint density at radius 1 is 1.25 bits per heavy atom. The SMILES string of the molecule is c1cncc(-c2nc(SCCN3CCCCC3)n[nH]2)c1. The molecule has 0 aliphatic carbocycles. The number of thioether (sulfide) groups is 1. The van der Waals surface area contributed by atoms with Gasteiger partial charge < -0.3 is 4.90 Å². The van der Waals surface area contributed by atoms with Gasteiger partial charge in [0.05, 0.1) is 0 Å². The largest absolute Gasteiger partial charge is 0.303 e. The molecular weight excluding hydrogens is 270 g/mol. The van der Waals surface area contributed by atoms with Crippen LogP contribution in [0.15, 0.2) is 29.7 Å². The minimum atomic E-state index is 0.790. The van der Waals surface area contributed by atoms with Crippen LogP contribution in [0.4, 0.5) is 0 Å². The monoisotopic (exact) mass is 289 g/mol. The number of nitrogens with one attached hydrogen (secondary N) is 1. The van der Waals surface area contributed by atoms with E-state index in [1.54, 1.807) is 24.2 Å². The number of rotatable bonds is 5. The number of piperidine rings is 1.